The minimum absolute atomic E-state index is 0.0501. The molecular formula is C19H24O3. The van der Waals surface area contributed by atoms with Crippen molar-refractivity contribution in [2.24, 2.45) is 10.8 Å². The molecule has 2 N–H and O–H groups in total. The molecule has 0 aromatic carbocycles. The molecule has 0 radical (unpaired) electrons. The summed E-state index contributed by atoms with van der Waals surface area (Å²) in [6.45, 7) is 4.24. The standard InChI is InChI=1S/C19H24O3/c1-17-7-3-4-14(17)15-6-5-12-10-13(20)11-16(21)18(12,2)19(15,22)9-8-17/h5-6,10,16,21-22H,3-4,7-9,11H2,1-2H3/t16?,17-,18+,19?/m0/s1. The molecule has 0 spiro atoms. The van der Waals surface area contributed by atoms with E-state index in [4.69, 9.17) is 0 Å². The highest BCUT2D eigenvalue weighted by Crippen LogP contribution is 2.62. The number of rotatable bonds is 0. The highest BCUT2D eigenvalue weighted by atomic mass is 16.3. The molecule has 0 bridgehead atoms. The molecule has 118 valence electrons. The third-order valence-electron chi connectivity index (χ3n) is 6.96. The van der Waals surface area contributed by atoms with Crippen LogP contribution in [0.2, 0.25) is 0 Å². The normalized spacial score (nSPS) is 47.0. The third-order valence-corrected chi connectivity index (χ3v) is 6.96. The maximum Gasteiger partial charge on any atom is 0.158 e. The number of allylic oxidation sites excluding steroid dienone is 3. The first-order valence-electron chi connectivity index (χ1n) is 8.39. The zero-order valence-corrected chi connectivity index (χ0v) is 13.4. The number of fused-ring (bicyclic) bond motifs is 4. The van der Waals surface area contributed by atoms with Crippen LogP contribution >= 0.6 is 0 Å². The zero-order valence-electron chi connectivity index (χ0n) is 13.4. The molecule has 4 aliphatic carbocycles. The monoisotopic (exact) mass is 300 g/mol. The molecule has 4 rings (SSSR count). The van der Waals surface area contributed by atoms with Gasteiger partial charge in [0.05, 0.1) is 11.5 Å². The summed E-state index contributed by atoms with van der Waals surface area (Å²) in [5, 5.41) is 22.3. The second kappa shape index (κ2) is 4.21. The van der Waals surface area contributed by atoms with Gasteiger partial charge >= 0.3 is 0 Å². The Morgan fingerprint density at radius 3 is 2.73 bits per heavy atom. The Balaban J connectivity index is 1.98. The second-order valence-corrected chi connectivity index (χ2v) is 7.99. The van der Waals surface area contributed by atoms with Crippen molar-refractivity contribution in [1.29, 1.82) is 0 Å². The summed E-state index contributed by atoms with van der Waals surface area (Å²) in [6, 6.07) is 0. The number of aliphatic hydroxyl groups excluding tert-OH is 1. The molecule has 0 aliphatic heterocycles. The number of carbonyl (C=O) groups excluding carboxylic acids is 1. The zero-order chi connectivity index (χ0) is 15.8. The molecule has 2 unspecified atom stereocenters. The van der Waals surface area contributed by atoms with Crippen LogP contribution in [-0.2, 0) is 4.79 Å². The number of hydrogen-bond acceptors (Lipinski definition) is 3. The van der Waals surface area contributed by atoms with Crippen LogP contribution in [0, 0.1) is 10.8 Å². The van der Waals surface area contributed by atoms with Crippen LogP contribution in [0.15, 0.2) is 34.9 Å². The Kier molecular flexibility index (Phi) is 2.76. The first-order valence-corrected chi connectivity index (χ1v) is 8.39. The van der Waals surface area contributed by atoms with Gasteiger partial charge in [0, 0.05) is 6.42 Å². The average Bonchev–Trinajstić information content (AvgIpc) is 2.84. The third kappa shape index (κ3) is 1.51. The lowest BCUT2D eigenvalue weighted by molar-refractivity contribution is -0.131. The molecule has 0 aromatic rings. The van der Waals surface area contributed by atoms with Crippen LogP contribution in [0.25, 0.3) is 0 Å². The van der Waals surface area contributed by atoms with Crippen molar-refractivity contribution in [3.8, 4) is 0 Å². The fraction of sp³-hybridized carbons (Fsp3) is 0.632. The first-order chi connectivity index (χ1) is 10.3. The molecule has 1 saturated carbocycles. The molecular weight excluding hydrogens is 276 g/mol. The highest BCUT2D eigenvalue weighted by molar-refractivity contribution is 5.93. The second-order valence-electron chi connectivity index (χ2n) is 7.99. The maximum atomic E-state index is 11.8. The van der Waals surface area contributed by atoms with Gasteiger partial charge in [-0.25, -0.2) is 0 Å². The molecule has 3 heteroatoms. The van der Waals surface area contributed by atoms with Gasteiger partial charge in [0.15, 0.2) is 5.78 Å². The summed E-state index contributed by atoms with van der Waals surface area (Å²) >= 11 is 0. The summed E-state index contributed by atoms with van der Waals surface area (Å²) in [6.07, 6.45) is 9.89. The van der Waals surface area contributed by atoms with E-state index in [1.165, 1.54) is 18.4 Å². The van der Waals surface area contributed by atoms with Crippen molar-refractivity contribution < 1.29 is 15.0 Å². The average molecular weight is 300 g/mol. The smallest absolute Gasteiger partial charge is 0.158 e. The van der Waals surface area contributed by atoms with E-state index in [9.17, 15) is 15.0 Å². The first kappa shape index (κ1) is 14.4. The molecule has 22 heavy (non-hydrogen) atoms. The summed E-state index contributed by atoms with van der Waals surface area (Å²) in [7, 11) is 0. The number of carbonyl (C=O) groups is 1. The lowest BCUT2D eigenvalue weighted by Gasteiger charge is -2.56. The van der Waals surface area contributed by atoms with Crippen molar-refractivity contribution in [2.75, 3.05) is 0 Å². The molecule has 4 atom stereocenters. The van der Waals surface area contributed by atoms with Gasteiger partial charge in [-0.15, -0.1) is 0 Å². The van der Waals surface area contributed by atoms with Gasteiger partial charge in [-0.05, 0) is 61.7 Å². The molecule has 4 aliphatic rings. The van der Waals surface area contributed by atoms with Gasteiger partial charge in [-0.1, -0.05) is 24.6 Å². The predicted molar refractivity (Wildman–Crippen MR) is 84.1 cm³/mol. The van der Waals surface area contributed by atoms with Crippen molar-refractivity contribution in [3.63, 3.8) is 0 Å². The molecule has 0 saturated heterocycles. The van der Waals surface area contributed by atoms with Gasteiger partial charge in [0.2, 0.25) is 0 Å². The largest absolute Gasteiger partial charge is 0.392 e. The van der Waals surface area contributed by atoms with Gasteiger partial charge < -0.3 is 10.2 Å². The van der Waals surface area contributed by atoms with Gasteiger partial charge in [0.25, 0.3) is 0 Å². The van der Waals surface area contributed by atoms with E-state index in [0.717, 1.165) is 24.0 Å². The molecule has 0 heterocycles. The Labute approximate surface area is 131 Å². The van der Waals surface area contributed by atoms with Gasteiger partial charge in [-0.3, -0.25) is 4.79 Å². The van der Waals surface area contributed by atoms with E-state index >= 15 is 0 Å². The van der Waals surface area contributed by atoms with Crippen molar-refractivity contribution in [2.45, 2.75) is 64.1 Å². The van der Waals surface area contributed by atoms with Crippen LogP contribution < -0.4 is 0 Å². The lowest BCUT2D eigenvalue weighted by Crippen LogP contribution is -2.60. The maximum absolute atomic E-state index is 11.8. The van der Waals surface area contributed by atoms with E-state index in [1.807, 2.05) is 19.1 Å². The molecule has 0 amide bonds. The minimum atomic E-state index is -1.05. The van der Waals surface area contributed by atoms with Crippen LogP contribution in [-0.4, -0.2) is 27.7 Å². The topological polar surface area (TPSA) is 57.5 Å². The minimum Gasteiger partial charge on any atom is -0.392 e. The molecule has 1 fully saturated rings. The summed E-state index contributed by atoms with van der Waals surface area (Å²) in [5.74, 6) is -0.0501. The Morgan fingerprint density at radius 2 is 1.95 bits per heavy atom. The van der Waals surface area contributed by atoms with Crippen LogP contribution in [0.1, 0.15) is 52.4 Å². The summed E-state index contributed by atoms with van der Waals surface area (Å²) in [4.78, 5) is 11.8. The Bertz CT molecular complexity index is 656. The Hall–Kier alpha value is -1.19. The van der Waals surface area contributed by atoms with Gasteiger partial charge in [-0.2, -0.15) is 0 Å². The van der Waals surface area contributed by atoms with E-state index in [2.05, 4.69) is 6.92 Å². The van der Waals surface area contributed by atoms with E-state index in [0.29, 0.717) is 6.42 Å². The van der Waals surface area contributed by atoms with Crippen LogP contribution in [0.5, 0.6) is 0 Å². The highest BCUT2D eigenvalue weighted by Gasteiger charge is 2.61. The van der Waals surface area contributed by atoms with E-state index in [1.54, 1.807) is 6.08 Å². The van der Waals surface area contributed by atoms with E-state index in [-0.39, 0.29) is 17.6 Å². The van der Waals surface area contributed by atoms with Crippen molar-refractivity contribution in [3.05, 3.63) is 34.9 Å². The van der Waals surface area contributed by atoms with Crippen molar-refractivity contribution >= 4 is 5.78 Å². The summed E-state index contributed by atoms with van der Waals surface area (Å²) < 4.78 is 0. The molecule has 0 aromatic heterocycles. The fourth-order valence-electron chi connectivity index (χ4n) is 5.34. The van der Waals surface area contributed by atoms with Gasteiger partial charge in [0.1, 0.15) is 5.60 Å². The number of hydrogen-bond donors (Lipinski definition) is 2. The number of ketones is 1. The van der Waals surface area contributed by atoms with Crippen LogP contribution in [0.3, 0.4) is 0 Å². The van der Waals surface area contributed by atoms with E-state index < -0.39 is 17.1 Å². The van der Waals surface area contributed by atoms with Crippen molar-refractivity contribution in [1.82, 2.24) is 0 Å². The quantitative estimate of drug-likeness (QED) is 0.723. The lowest BCUT2D eigenvalue weighted by atomic mass is 9.51. The molecule has 3 nitrogen and oxygen atoms in total. The fourth-order valence-corrected chi connectivity index (χ4v) is 5.34. The summed E-state index contributed by atoms with van der Waals surface area (Å²) in [5.41, 5.74) is 1.56. The predicted octanol–water partition coefficient (Wildman–Crippen LogP) is 2.83. The van der Waals surface area contributed by atoms with Crippen LogP contribution in [0.4, 0.5) is 0 Å². The SMILES string of the molecule is C[C@@]12CCCC1=C1C=CC3=CC(=O)CC(O)[C@]3(C)C1(O)CC2. The Morgan fingerprint density at radius 1 is 1.18 bits per heavy atom. The number of aliphatic hydroxyl groups is 2.